The average molecular weight is 232 g/mol. The first-order chi connectivity index (χ1) is 7.96. The number of phenolic OH excluding ortho intramolecular Hbond substituents is 1. The first-order valence-electron chi connectivity index (χ1n) is 5.85. The van der Waals surface area contributed by atoms with E-state index in [1.54, 1.807) is 18.5 Å². The van der Waals surface area contributed by atoms with Crippen LogP contribution in [0.15, 0.2) is 18.5 Å². The second-order valence-electron chi connectivity index (χ2n) is 5.34. The fourth-order valence-electron chi connectivity index (χ4n) is 2.79. The SMILES string of the molecule is Cc1cc(O)cc2ncn(C3CC(C)(O)C3)c12. The highest BCUT2D eigenvalue weighted by Gasteiger charge is 2.39. The summed E-state index contributed by atoms with van der Waals surface area (Å²) in [7, 11) is 0. The molecule has 1 fully saturated rings. The molecule has 4 heteroatoms. The van der Waals surface area contributed by atoms with Crippen LogP contribution in [0.4, 0.5) is 0 Å². The fourth-order valence-corrected chi connectivity index (χ4v) is 2.79. The second kappa shape index (κ2) is 3.23. The summed E-state index contributed by atoms with van der Waals surface area (Å²) in [6.07, 6.45) is 3.33. The van der Waals surface area contributed by atoms with Gasteiger partial charge in [0.25, 0.3) is 0 Å². The highest BCUT2D eigenvalue weighted by atomic mass is 16.3. The maximum Gasteiger partial charge on any atom is 0.118 e. The minimum Gasteiger partial charge on any atom is -0.508 e. The molecule has 4 nitrogen and oxygen atoms in total. The van der Waals surface area contributed by atoms with Crippen LogP contribution in [0.2, 0.25) is 0 Å². The molecule has 2 N–H and O–H groups in total. The van der Waals surface area contributed by atoms with E-state index in [0.29, 0.717) is 6.04 Å². The van der Waals surface area contributed by atoms with Crippen LogP contribution in [0.25, 0.3) is 11.0 Å². The number of fused-ring (bicyclic) bond motifs is 1. The molecule has 1 saturated carbocycles. The normalized spacial score (nSPS) is 28.3. The zero-order valence-corrected chi connectivity index (χ0v) is 10.0. The number of hydrogen-bond acceptors (Lipinski definition) is 3. The predicted molar refractivity (Wildman–Crippen MR) is 65.0 cm³/mol. The summed E-state index contributed by atoms with van der Waals surface area (Å²) in [6.45, 7) is 3.83. The number of aromatic hydroxyl groups is 1. The third kappa shape index (κ3) is 1.60. The van der Waals surface area contributed by atoms with E-state index in [2.05, 4.69) is 9.55 Å². The van der Waals surface area contributed by atoms with Gasteiger partial charge < -0.3 is 14.8 Å². The first-order valence-corrected chi connectivity index (χ1v) is 5.85. The van der Waals surface area contributed by atoms with Crippen LogP contribution in [-0.2, 0) is 0 Å². The third-order valence-corrected chi connectivity index (χ3v) is 3.59. The number of aliphatic hydroxyl groups is 1. The van der Waals surface area contributed by atoms with Gasteiger partial charge in [0.1, 0.15) is 5.75 Å². The lowest BCUT2D eigenvalue weighted by Crippen LogP contribution is -2.41. The molecule has 1 aliphatic rings. The molecule has 0 saturated heterocycles. The molecule has 1 aromatic heterocycles. The summed E-state index contributed by atoms with van der Waals surface area (Å²) in [5.41, 5.74) is 2.35. The third-order valence-electron chi connectivity index (χ3n) is 3.59. The molecule has 0 atom stereocenters. The standard InChI is InChI=1S/C13H16N2O2/c1-8-3-10(16)4-11-12(8)15(7-14-11)9-5-13(2,17)6-9/h3-4,7,9,16-17H,5-6H2,1-2H3. The van der Waals surface area contributed by atoms with Crippen LogP contribution in [0.3, 0.4) is 0 Å². The molecular formula is C13H16N2O2. The van der Waals surface area contributed by atoms with Gasteiger partial charge in [0.15, 0.2) is 0 Å². The van der Waals surface area contributed by atoms with Gasteiger partial charge in [-0.1, -0.05) is 0 Å². The number of aromatic nitrogens is 2. The van der Waals surface area contributed by atoms with Crippen molar-refractivity contribution in [3.63, 3.8) is 0 Å². The summed E-state index contributed by atoms with van der Waals surface area (Å²) < 4.78 is 2.11. The smallest absolute Gasteiger partial charge is 0.118 e. The van der Waals surface area contributed by atoms with E-state index >= 15 is 0 Å². The number of aryl methyl sites for hydroxylation is 1. The van der Waals surface area contributed by atoms with Crippen LogP contribution >= 0.6 is 0 Å². The Morgan fingerprint density at radius 2 is 2.12 bits per heavy atom. The molecule has 90 valence electrons. The number of rotatable bonds is 1. The highest BCUT2D eigenvalue weighted by Crippen LogP contribution is 2.42. The van der Waals surface area contributed by atoms with E-state index in [1.807, 2.05) is 13.8 Å². The van der Waals surface area contributed by atoms with Gasteiger partial charge in [0, 0.05) is 12.1 Å². The molecule has 0 radical (unpaired) electrons. The summed E-state index contributed by atoms with van der Waals surface area (Å²) in [6, 6.07) is 3.74. The van der Waals surface area contributed by atoms with E-state index in [4.69, 9.17) is 0 Å². The van der Waals surface area contributed by atoms with Crippen molar-refractivity contribution in [3.8, 4) is 5.75 Å². The van der Waals surface area contributed by atoms with Crippen LogP contribution in [-0.4, -0.2) is 25.4 Å². The van der Waals surface area contributed by atoms with Crippen LogP contribution in [0.1, 0.15) is 31.4 Å². The van der Waals surface area contributed by atoms with Gasteiger partial charge in [-0.25, -0.2) is 4.98 Å². The van der Waals surface area contributed by atoms with E-state index < -0.39 is 5.60 Å². The molecule has 0 amide bonds. The Morgan fingerprint density at radius 3 is 2.76 bits per heavy atom. The Kier molecular flexibility index (Phi) is 2.01. The topological polar surface area (TPSA) is 58.3 Å². The van der Waals surface area contributed by atoms with Gasteiger partial charge in [0.2, 0.25) is 0 Å². The van der Waals surface area contributed by atoms with Crippen molar-refractivity contribution in [1.29, 1.82) is 0 Å². The average Bonchev–Trinajstić information content (AvgIpc) is 2.57. The van der Waals surface area contributed by atoms with Gasteiger partial charge in [-0.2, -0.15) is 0 Å². The molecule has 0 spiro atoms. The Bertz CT molecular complexity index is 578. The Hall–Kier alpha value is -1.55. The number of hydrogen-bond donors (Lipinski definition) is 2. The number of nitrogens with zero attached hydrogens (tertiary/aromatic N) is 2. The number of imidazole rings is 1. The molecule has 1 aliphatic carbocycles. The van der Waals surface area contributed by atoms with E-state index in [9.17, 15) is 10.2 Å². The summed E-state index contributed by atoms with van der Waals surface area (Å²) in [4.78, 5) is 4.31. The molecule has 0 aliphatic heterocycles. The fraction of sp³-hybridized carbons (Fsp3) is 0.462. The van der Waals surface area contributed by atoms with Gasteiger partial charge in [-0.3, -0.25) is 0 Å². The maximum atomic E-state index is 9.79. The summed E-state index contributed by atoms with van der Waals surface area (Å²) in [5, 5.41) is 19.3. The quantitative estimate of drug-likeness (QED) is 0.792. The lowest BCUT2D eigenvalue weighted by Gasteiger charge is -2.41. The second-order valence-corrected chi connectivity index (χ2v) is 5.34. The van der Waals surface area contributed by atoms with Crippen molar-refractivity contribution in [2.24, 2.45) is 0 Å². The molecule has 17 heavy (non-hydrogen) atoms. The molecule has 1 aromatic carbocycles. The Labute approximate surface area is 99.5 Å². The van der Waals surface area contributed by atoms with Crippen LogP contribution in [0.5, 0.6) is 5.75 Å². The number of benzene rings is 1. The molecule has 3 rings (SSSR count). The van der Waals surface area contributed by atoms with Gasteiger partial charge in [-0.05, 0) is 38.3 Å². The first kappa shape index (κ1) is 10.6. The minimum atomic E-state index is -0.536. The van der Waals surface area contributed by atoms with Crippen molar-refractivity contribution < 1.29 is 10.2 Å². The summed E-state index contributed by atoms with van der Waals surface area (Å²) >= 11 is 0. The zero-order valence-electron chi connectivity index (χ0n) is 10.0. The van der Waals surface area contributed by atoms with Crippen molar-refractivity contribution in [1.82, 2.24) is 9.55 Å². The Morgan fingerprint density at radius 1 is 1.41 bits per heavy atom. The van der Waals surface area contributed by atoms with Crippen LogP contribution < -0.4 is 0 Å². The van der Waals surface area contributed by atoms with Crippen molar-refractivity contribution in [2.75, 3.05) is 0 Å². The van der Waals surface area contributed by atoms with Gasteiger partial charge in [-0.15, -0.1) is 0 Å². The molecule has 2 aromatic rings. The Balaban J connectivity index is 2.07. The largest absolute Gasteiger partial charge is 0.508 e. The zero-order chi connectivity index (χ0) is 12.2. The van der Waals surface area contributed by atoms with Gasteiger partial charge in [0.05, 0.1) is 23.0 Å². The molecule has 0 unspecified atom stereocenters. The lowest BCUT2D eigenvalue weighted by molar-refractivity contribution is -0.0498. The van der Waals surface area contributed by atoms with Crippen LogP contribution in [0, 0.1) is 6.92 Å². The molecular weight excluding hydrogens is 216 g/mol. The summed E-state index contributed by atoms with van der Waals surface area (Å²) in [5.74, 6) is 0.251. The van der Waals surface area contributed by atoms with E-state index in [0.717, 1.165) is 29.4 Å². The predicted octanol–water partition coefficient (Wildman–Crippen LogP) is 2.14. The molecule has 1 heterocycles. The maximum absolute atomic E-state index is 9.79. The minimum absolute atomic E-state index is 0.251. The monoisotopic (exact) mass is 232 g/mol. The van der Waals surface area contributed by atoms with E-state index in [-0.39, 0.29) is 5.75 Å². The van der Waals surface area contributed by atoms with Gasteiger partial charge >= 0.3 is 0 Å². The van der Waals surface area contributed by atoms with Crippen molar-refractivity contribution in [3.05, 3.63) is 24.0 Å². The van der Waals surface area contributed by atoms with E-state index in [1.165, 1.54) is 0 Å². The van der Waals surface area contributed by atoms with Crippen molar-refractivity contribution in [2.45, 2.75) is 38.3 Å². The number of phenols is 1. The highest BCUT2D eigenvalue weighted by molar-refractivity contribution is 5.80. The molecule has 0 bridgehead atoms. The lowest BCUT2D eigenvalue weighted by atomic mass is 9.77. The van der Waals surface area contributed by atoms with Crippen molar-refractivity contribution >= 4 is 11.0 Å².